The van der Waals surface area contributed by atoms with Gasteiger partial charge >= 0.3 is 11.9 Å². The molecule has 194 valence electrons. The molecule has 3 rings (SSSR count). The molecular weight excluding hydrogens is 444 g/mol. The molecule has 0 unspecified atom stereocenters. The fourth-order valence-corrected chi connectivity index (χ4v) is 5.65. The van der Waals surface area contributed by atoms with E-state index in [2.05, 4.69) is 19.1 Å². The molecule has 0 spiro atoms. The molecule has 1 aromatic carbocycles. The summed E-state index contributed by atoms with van der Waals surface area (Å²) in [5.74, 6) is 0.297. The van der Waals surface area contributed by atoms with Crippen LogP contribution in [-0.4, -0.2) is 49.1 Å². The minimum Gasteiger partial charge on any atom is -0.469 e. The first-order chi connectivity index (χ1) is 17.0. The normalized spacial score (nSPS) is 26.5. The van der Waals surface area contributed by atoms with E-state index in [0.29, 0.717) is 30.9 Å². The smallest absolute Gasteiger partial charge is 0.338 e. The molecule has 0 aromatic heterocycles. The van der Waals surface area contributed by atoms with Crippen LogP contribution in [0, 0.1) is 17.8 Å². The van der Waals surface area contributed by atoms with Gasteiger partial charge in [-0.3, -0.25) is 4.79 Å². The van der Waals surface area contributed by atoms with Gasteiger partial charge in [-0.05, 0) is 62.5 Å². The summed E-state index contributed by atoms with van der Waals surface area (Å²) in [4.78, 5) is 24.1. The molecule has 2 aliphatic rings. The van der Waals surface area contributed by atoms with Gasteiger partial charge in [0.25, 0.3) is 0 Å². The summed E-state index contributed by atoms with van der Waals surface area (Å²) >= 11 is 0. The molecule has 1 heterocycles. The van der Waals surface area contributed by atoms with Gasteiger partial charge in [0, 0.05) is 12.3 Å². The Morgan fingerprint density at radius 1 is 1.17 bits per heavy atom. The van der Waals surface area contributed by atoms with Crippen LogP contribution in [0.3, 0.4) is 0 Å². The third-order valence-corrected chi connectivity index (χ3v) is 7.47. The molecule has 35 heavy (non-hydrogen) atoms. The Morgan fingerprint density at radius 3 is 2.71 bits per heavy atom. The van der Waals surface area contributed by atoms with Crippen LogP contribution in [0.15, 0.2) is 42.5 Å². The van der Waals surface area contributed by atoms with Gasteiger partial charge in [0.15, 0.2) is 0 Å². The van der Waals surface area contributed by atoms with Gasteiger partial charge in [0.05, 0.1) is 31.5 Å². The van der Waals surface area contributed by atoms with Crippen LogP contribution in [-0.2, 0) is 19.0 Å². The third-order valence-electron chi connectivity index (χ3n) is 7.47. The maximum Gasteiger partial charge on any atom is 0.338 e. The summed E-state index contributed by atoms with van der Waals surface area (Å²) in [7, 11) is 1.41. The largest absolute Gasteiger partial charge is 0.469 e. The molecule has 1 saturated heterocycles. The summed E-state index contributed by atoms with van der Waals surface area (Å²) < 4.78 is 16.9. The lowest BCUT2D eigenvalue weighted by molar-refractivity contribution is -0.140. The lowest BCUT2D eigenvalue weighted by Gasteiger charge is -2.28. The summed E-state index contributed by atoms with van der Waals surface area (Å²) in [5.41, 5.74) is 0.570. The molecule has 0 radical (unpaired) electrons. The van der Waals surface area contributed by atoms with Crippen molar-refractivity contribution < 1.29 is 28.9 Å². The van der Waals surface area contributed by atoms with E-state index in [1.54, 1.807) is 12.1 Å². The number of benzene rings is 1. The van der Waals surface area contributed by atoms with Crippen molar-refractivity contribution >= 4 is 11.9 Å². The average Bonchev–Trinajstić information content (AvgIpc) is 3.41. The van der Waals surface area contributed by atoms with Gasteiger partial charge in [-0.2, -0.15) is 0 Å². The minimum atomic E-state index is -0.356. The van der Waals surface area contributed by atoms with Crippen molar-refractivity contribution in [1.82, 2.24) is 0 Å². The number of hydrogen-bond acceptors (Lipinski definition) is 6. The Bertz CT molecular complexity index is 807. The van der Waals surface area contributed by atoms with Crippen LogP contribution in [0.5, 0.6) is 0 Å². The Kier molecular flexibility index (Phi) is 11.3. The van der Waals surface area contributed by atoms with E-state index in [4.69, 9.17) is 14.2 Å². The minimum absolute atomic E-state index is 0.00483. The van der Waals surface area contributed by atoms with E-state index in [9.17, 15) is 14.7 Å². The van der Waals surface area contributed by atoms with Crippen molar-refractivity contribution in [3.05, 3.63) is 48.0 Å². The second-order valence-corrected chi connectivity index (χ2v) is 9.98. The number of fused-ring (bicyclic) bond motifs is 1. The summed E-state index contributed by atoms with van der Waals surface area (Å²) in [6.45, 7) is 2.83. The van der Waals surface area contributed by atoms with Crippen molar-refractivity contribution in [3.63, 3.8) is 0 Å². The topological polar surface area (TPSA) is 82.1 Å². The first kappa shape index (κ1) is 27.4. The molecule has 1 N–H and O–H groups in total. The number of rotatable bonds is 14. The molecule has 1 aliphatic heterocycles. The first-order valence-corrected chi connectivity index (χ1v) is 13.3. The molecule has 0 bridgehead atoms. The van der Waals surface area contributed by atoms with Crippen LogP contribution in [0.4, 0.5) is 0 Å². The lowest BCUT2D eigenvalue weighted by atomic mass is 9.82. The van der Waals surface area contributed by atoms with Crippen molar-refractivity contribution in [2.75, 3.05) is 13.7 Å². The molecule has 6 nitrogen and oxygen atoms in total. The second kappa shape index (κ2) is 14.4. The van der Waals surface area contributed by atoms with Crippen molar-refractivity contribution in [1.29, 1.82) is 0 Å². The highest BCUT2D eigenvalue weighted by Gasteiger charge is 2.52. The number of carbonyl (C=O) groups is 2. The monoisotopic (exact) mass is 486 g/mol. The molecule has 1 aliphatic carbocycles. The summed E-state index contributed by atoms with van der Waals surface area (Å²) in [5, 5.41) is 10.6. The molecule has 2 fully saturated rings. The Hall–Kier alpha value is -2.18. The number of aliphatic hydroxyl groups is 1. The van der Waals surface area contributed by atoms with E-state index in [1.165, 1.54) is 7.11 Å². The number of ether oxygens (including phenoxy) is 3. The highest BCUT2D eigenvalue weighted by molar-refractivity contribution is 5.89. The van der Waals surface area contributed by atoms with Gasteiger partial charge in [0.2, 0.25) is 0 Å². The van der Waals surface area contributed by atoms with E-state index in [1.807, 2.05) is 18.2 Å². The lowest BCUT2D eigenvalue weighted by Crippen LogP contribution is -2.32. The standard InChI is InChI=1S/C29H42O6/c1-3-4-8-15-23(30)19-26-28-22(20-34-26)18-25(35-29(32)21-13-9-7-10-14-21)24(28)16-11-5-6-12-17-27(31)33-2/h5,7,9-11,13-14,22-26,28,30H,3-4,6,8,12,15-20H2,1-2H3/t22-,23+,24-,25-,26+,28+/m0/s1. The Morgan fingerprint density at radius 2 is 1.97 bits per heavy atom. The molecule has 6 atom stereocenters. The zero-order valence-electron chi connectivity index (χ0n) is 21.3. The van der Waals surface area contributed by atoms with Crippen molar-refractivity contribution in [3.8, 4) is 0 Å². The van der Waals surface area contributed by atoms with Crippen LogP contribution >= 0.6 is 0 Å². The van der Waals surface area contributed by atoms with Gasteiger partial charge in [-0.1, -0.05) is 56.5 Å². The van der Waals surface area contributed by atoms with E-state index in [0.717, 1.165) is 51.4 Å². The molecule has 0 amide bonds. The number of aliphatic hydroxyl groups excluding tert-OH is 1. The van der Waals surface area contributed by atoms with Gasteiger partial charge in [-0.25, -0.2) is 4.79 Å². The van der Waals surface area contributed by atoms with E-state index < -0.39 is 0 Å². The fraction of sp³-hybridized carbons (Fsp3) is 0.655. The fourth-order valence-electron chi connectivity index (χ4n) is 5.65. The number of methoxy groups -OCH3 is 1. The average molecular weight is 487 g/mol. The number of carbonyl (C=O) groups excluding carboxylic acids is 2. The van der Waals surface area contributed by atoms with Gasteiger partial charge < -0.3 is 19.3 Å². The van der Waals surface area contributed by atoms with E-state index in [-0.39, 0.29) is 42.1 Å². The third kappa shape index (κ3) is 8.18. The number of esters is 2. The van der Waals surface area contributed by atoms with Crippen LogP contribution in [0.25, 0.3) is 0 Å². The number of allylic oxidation sites excluding steroid dienone is 2. The molecular formula is C29H42O6. The Labute approximate surface area is 210 Å². The second-order valence-electron chi connectivity index (χ2n) is 9.98. The van der Waals surface area contributed by atoms with Gasteiger partial charge in [0.1, 0.15) is 6.10 Å². The maximum atomic E-state index is 12.8. The van der Waals surface area contributed by atoms with Crippen molar-refractivity contribution in [2.45, 2.75) is 89.4 Å². The van der Waals surface area contributed by atoms with Gasteiger partial charge in [-0.15, -0.1) is 0 Å². The van der Waals surface area contributed by atoms with Crippen molar-refractivity contribution in [2.24, 2.45) is 17.8 Å². The molecule has 6 heteroatoms. The SMILES string of the molecule is CCCCC[C@@H](O)C[C@H]1OC[C@@H]2C[C@H](OC(=O)c3ccccc3)[C@H](CC=CCCCC(=O)OC)[C@@H]21. The van der Waals surface area contributed by atoms with E-state index >= 15 is 0 Å². The van der Waals surface area contributed by atoms with Crippen LogP contribution in [0.1, 0.15) is 81.5 Å². The summed E-state index contributed by atoms with van der Waals surface area (Å²) in [6, 6.07) is 9.15. The summed E-state index contributed by atoms with van der Waals surface area (Å²) in [6.07, 6.45) is 12.1. The molecule has 1 saturated carbocycles. The van der Waals surface area contributed by atoms with Crippen LogP contribution in [0.2, 0.25) is 0 Å². The Balaban J connectivity index is 1.63. The quantitative estimate of drug-likeness (QED) is 0.213. The molecule has 1 aromatic rings. The maximum absolute atomic E-state index is 12.8. The first-order valence-electron chi connectivity index (χ1n) is 13.3. The highest BCUT2D eigenvalue weighted by Crippen LogP contribution is 2.49. The predicted octanol–water partition coefficient (Wildman–Crippen LogP) is 5.48. The van der Waals surface area contributed by atoms with Crippen LogP contribution < -0.4 is 0 Å². The zero-order chi connectivity index (χ0) is 25.0. The number of hydrogen-bond donors (Lipinski definition) is 1. The number of unbranched alkanes of at least 4 members (excludes halogenated alkanes) is 3. The zero-order valence-corrected chi connectivity index (χ0v) is 21.3. The highest BCUT2D eigenvalue weighted by atomic mass is 16.5. The predicted molar refractivity (Wildman–Crippen MR) is 135 cm³/mol.